The zero-order valence-corrected chi connectivity index (χ0v) is 26.6. The van der Waals surface area contributed by atoms with Gasteiger partial charge in [-0.3, -0.25) is 4.79 Å². The first-order valence-electron chi connectivity index (χ1n) is 18.4. The predicted octanol–water partition coefficient (Wildman–Crippen LogP) is 10.4. The molecule has 6 nitrogen and oxygen atoms in total. The standard InChI is InChI=1S/C36H52F3NO5/c1-2-3-4-5-6-7-8-9-10-11-12-13-14-15-16-24-34(41)44-27-25-43-26-28-45-35(42)32-22-17-18-23-33(32)40-31-21-19-20-30(29-31)36(37,38)39/h17-23,29,40H,2-16,24-28H2,1H3/i17D,18D,22D,23D. The second kappa shape index (κ2) is 23.3. The highest BCUT2D eigenvalue weighted by atomic mass is 19.4. The van der Waals surface area contributed by atoms with Crippen LogP contribution in [0.2, 0.25) is 0 Å². The summed E-state index contributed by atoms with van der Waals surface area (Å²) in [6.07, 6.45) is 14.4. The number of carbonyl (C=O) groups excluding carboxylic acids is 2. The van der Waals surface area contributed by atoms with Gasteiger partial charge in [-0.1, -0.05) is 115 Å². The van der Waals surface area contributed by atoms with Gasteiger partial charge in [0.2, 0.25) is 0 Å². The third kappa shape index (κ3) is 17.9. The van der Waals surface area contributed by atoms with Crippen LogP contribution < -0.4 is 5.32 Å². The fourth-order valence-electron chi connectivity index (χ4n) is 4.77. The molecular weight excluding hydrogens is 583 g/mol. The molecule has 0 saturated carbocycles. The van der Waals surface area contributed by atoms with Crippen molar-refractivity contribution in [2.45, 2.75) is 116 Å². The largest absolute Gasteiger partial charge is 0.463 e. The van der Waals surface area contributed by atoms with Gasteiger partial charge in [-0.2, -0.15) is 13.2 Å². The first-order chi connectivity index (χ1) is 23.5. The lowest BCUT2D eigenvalue weighted by atomic mass is 10.0. The fourth-order valence-corrected chi connectivity index (χ4v) is 4.77. The highest BCUT2D eigenvalue weighted by molar-refractivity contribution is 5.96. The number of unbranched alkanes of at least 4 members (excludes halogenated alkanes) is 14. The van der Waals surface area contributed by atoms with Crippen LogP contribution in [0.3, 0.4) is 0 Å². The van der Waals surface area contributed by atoms with Gasteiger partial charge < -0.3 is 19.5 Å². The van der Waals surface area contributed by atoms with E-state index in [0.717, 1.165) is 37.5 Å². The number of ether oxygens (including phenoxy) is 3. The molecule has 0 unspecified atom stereocenters. The van der Waals surface area contributed by atoms with Gasteiger partial charge in [0.25, 0.3) is 0 Å². The van der Waals surface area contributed by atoms with Crippen LogP contribution in [0.4, 0.5) is 24.5 Å². The van der Waals surface area contributed by atoms with Gasteiger partial charge in [0, 0.05) is 12.1 Å². The molecule has 0 heterocycles. The maximum atomic E-state index is 13.2. The highest BCUT2D eigenvalue weighted by Crippen LogP contribution is 2.32. The van der Waals surface area contributed by atoms with E-state index in [1.54, 1.807) is 0 Å². The van der Waals surface area contributed by atoms with E-state index < -0.39 is 53.1 Å². The number of anilines is 2. The Morgan fingerprint density at radius 2 is 1.31 bits per heavy atom. The van der Waals surface area contributed by atoms with E-state index in [9.17, 15) is 22.8 Å². The van der Waals surface area contributed by atoms with Crippen molar-refractivity contribution in [2.75, 3.05) is 31.7 Å². The van der Waals surface area contributed by atoms with E-state index in [2.05, 4.69) is 12.2 Å². The van der Waals surface area contributed by atoms with Crippen LogP contribution in [0.15, 0.2) is 48.4 Å². The number of rotatable bonds is 25. The summed E-state index contributed by atoms with van der Waals surface area (Å²) in [6.45, 7) is 1.98. The summed E-state index contributed by atoms with van der Waals surface area (Å²) >= 11 is 0. The van der Waals surface area contributed by atoms with Crippen LogP contribution in [0.5, 0.6) is 0 Å². The van der Waals surface area contributed by atoms with E-state index in [0.29, 0.717) is 6.42 Å². The maximum Gasteiger partial charge on any atom is 0.416 e. The summed E-state index contributed by atoms with van der Waals surface area (Å²) in [5.74, 6) is -1.41. The lowest BCUT2D eigenvalue weighted by molar-refractivity contribution is -0.145. The molecule has 252 valence electrons. The van der Waals surface area contributed by atoms with Gasteiger partial charge >= 0.3 is 18.1 Å². The SMILES string of the molecule is [2H]c1c([2H])c([2H])c(C(=O)OCCOCCOC(=O)CCCCCCCCCCCCCCCCC)c(Nc2cccc(C(F)(F)F)c2)c1[2H]. The second-order valence-electron chi connectivity index (χ2n) is 11.1. The number of esters is 2. The normalized spacial score (nSPS) is 12.6. The number of halogens is 3. The lowest BCUT2D eigenvalue weighted by Crippen LogP contribution is -2.15. The molecule has 0 fully saturated rings. The van der Waals surface area contributed by atoms with Crippen molar-refractivity contribution in [3.8, 4) is 0 Å². The molecule has 2 rings (SSSR count). The molecule has 0 bridgehead atoms. The molecular formula is C36H52F3NO5. The maximum absolute atomic E-state index is 13.2. The van der Waals surface area contributed by atoms with Crippen LogP contribution in [0.1, 0.15) is 131 Å². The van der Waals surface area contributed by atoms with Crippen molar-refractivity contribution >= 4 is 23.3 Å². The first-order valence-corrected chi connectivity index (χ1v) is 16.4. The molecule has 0 saturated heterocycles. The number of carbonyl (C=O) groups is 2. The van der Waals surface area contributed by atoms with E-state index in [4.69, 9.17) is 19.7 Å². The summed E-state index contributed by atoms with van der Waals surface area (Å²) in [4.78, 5) is 24.8. The van der Waals surface area contributed by atoms with Crippen molar-refractivity contribution in [3.63, 3.8) is 0 Å². The summed E-state index contributed by atoms with van der Waals surface area (Å²) < 4.78 is 87.4. The third-order valence-corrected chi connectivity index (χ3v) is 7.29. The molecule has 2 aromatic carbocycles. The minimum absolute atomic E-state index is 0.0306. The van der Waals surface area contributed by atoms with Crippen LogP contribution in [0.25, 0.3) is 0 Å². The number of para-hydroxylation sites is 1. The Labute approximate surface area is 273 Å². The Kier molecular flexibility index (Phi) is 16.5. The molecule has 9 heteroatoms. The molecule has 0 spiro atoms. The van der Waals surface area contributed by atoms with Crippen LogP contribution >= 0.6 is 0 Å². The molecule has 0 radical (unpaired) electrons. The lowest BCUT2D eigenvalue weighted by Gasteiger charge is -2.13. The molecule has 1 N–H and O–H groups in total. The number of hydrogen-bond acceptors (Lipinski definition) is 6. The molecule has 0 aliphatic rings. The Hall–Kier alpha value is -3.07. The van der Waals surface area contributed by atoms with Crippen molar-refractivity contribution in [3.05, 3.63) is 59.6 Å². The number of hydrogen-bond donors (Lipinski definition) is 1. The zero-order valence-electron chi connectivity index (χ0n) is 30.6. The van der Waals surface area contributed by atoms with E-state index in [1.807, 2.05) is 0 Å². The fraction of sp³-hybridized carbons (Fsp3) is 0.611. The van der Waals surface area contributed by atoms with E-state index >= 15 is 0 Å². The monoisotopic (exact) mass is 639 g/mol. The molecule has 2 aromatic rings. The smallest absolute Gasteiger partial charge is 0.416 e. The topological polar surface area (TPSA) is 73.9 Å². The Morgan fingerprint density at radius 3 is 1.91 bits per heavy atom. The van der Waals surface area contributed by atoms with Gasteiger partial charge in [-0.25, -0.2) is 4.79 Å². The third-order valence-electron chi connectivity index (χ3n) is 7.29. The van der Waals surface area contributed by atoms with Gasteiger partial charge in [0.1, 0.15) is 13.2 Å². The highest BCUT2D eigenvalue weighted by Gasteiger charge is 2.30. The Balaban J connectivity index is 1.61. The number of benzene rings is 2. The van der Waals surface area contributed by atoms with Crippen LogP contribution in [0, 0.1) is 0 Å². The average Bonchev–Trinajstić information content (AvgIpc) is 3.07. The summed E-state index contributed by atoms with van der Waals surface area (Å²) in [5.41, 5.74) is -2.09. The predicted molar refractivity (Wildman–Crippen MR) is 173 cm³/mol. The van der Waals surface area contributed by atoms with Gasteiger partial charge in [-0.15, -0.1) is 0 Å². The zero-order chi connectivity index (χ0) is 36.1. The molecule has 45 heavy (non-hydrogen) atoms. The van der Waals surface area contributed by atoms with Gasteiger partial charge in [0.15, 0.2) is 0 Å². The van der Waals surface area contributed by atoms with Crippen molar-refractivity contribution in [2.24, 2.45) is 0 Å². The summed E-state index contributed by atoms with van der Waals surface area (Å²) in [7, 11) is 0. The van der Waals surface area contributed by atoms with Crippen molar-refractivity contribution in [1.82, 2.24) is 0 Å². The van der Waals surface area contributed by atoms with Crippen molar-refractivity contribution in [1.29, 1.82) is 0 Å². The van der Waals surface area contributed by atoms with Crippen LogP contribution in [-0.2, 0) is 25.2 Å². The van der Waals surface area contributed by atoms with Gasteiger partial charge in [0.05, 0.1) is 35.5 Å². The minimum Gasteiger partial charge on any atom is -0.463 e. The molecule has 0 atom stereocenters. The van der Waals surface area contributed by atoms with Crippen LogP contribution in [-0.4, -0.2) is 38.4 Å². The molecule has 0 aliphatic heterocycles. The molecule has 0 aliphatic carbocycles. The van der Waals surface area contributed by atoms with Crippen molar-refractivity contribution < 1.29 is 42.5 Å². The average molecular weight is 640 g/mol. The number of nitrogens with one attached hydrogen (secondary N) is 1. The minimum atomic E-state index is -4.64. The van der Waals surface area contributed by atoms with E-state index in [1.165, 1.54) is 83.1 Å². The molecule has 0 aromatic heterocycles. The summed E-state index contributed by atoms with van der Waals surface area (Å²) in [5, 5.41) is 2.52. The second-order valence-corrected chi connectivity index (χ2v) is 11.1. The summed E-state index contributed by atoms with van der Waals surface area (Å²) in [6, 6.07) is 1.29. The molecule has 0 amide bonds. The number of alkyl halides is 3. The Morgan fingerprint density at radius 1 is 0.756 bits per heavy atom. The Bertz CT molecular complexity index is 1300. The first kappa shape index (κ1) is 31.9. The van der Waals surface area contributed by atoms with E-state index in [-0.39, 0.29) is 38.1 Å². The quantitative estimate of drug-likeness (QED) is 0.0861. The van der Waals surface area contributed by atoms with Gasteiger partial charge in [-0.05, 0) is 36.7 Å².